The van der Waals surface area contributed by atoms with Crippen LogP contribution in [0.25, 0.3) is 20.8 Å². The minimum atomic E-state index is -0.198. The van der Waals surface area contributed by atoms with Gasteiger partial charge in [0.1, 0.15) is 5.01 Å². The summed E-state index contributed by atoms with van der Waals surface area (Å²) in [6.07, 6.45) is 1.74. The van der Waals surface area contributed by atoms with Crippen LogP contribution in [0.5, 0.6) is 0 Å². The molecule has 1 aromatic heterocycles. The number of benzene rings is 2. The number of fused-ring (bicyclic) bond motifs is 1. The standard InChI is InChI=1S/C23H26N4O2S/c1-15-6-11-18-20(13-15)30-22(25-18)16-7-9-17(10-8-16)24-21(28)14-27-12-4-5-19(27)23(29)26(2)3/h6-11,13,19H,4-5,12,14H2,1-3H3,(H,24,28). The molecule has 2 amide bonds. The number of amides is 2. The maximum atomic E-state index is 12.5. The number of likely N-dealkylation sites (N-methyl/N-ethyl adjacent to an activating group) is 1. The molecular formula is C23H26N4O2S. The minimum Gasteiger partial charge on any atom is -0.347 e. The Morgan fingerprint density at radius 3 is 2.70 bits per heavy atom. The monoisotopic (exact) mass is 422 g/mol. The predicted molar refractivity (Wildman–Crippen MR) is 122 cm³/mol. The predicted octanol–water partition coefficient (Wildman–Crippen LogP) is 3.76. The lowest BCUT2D eigenvalue weighted by Crippen LogP contribution is -2.45. The molecule has 4 rings (SSSR count). The molecule has 1 aliphatic heterocycles. The molecule has 156 valence electrons. The van der Waals surface area contributed by atoms with Crippen molar-refractivity contribution in [2.24, 2.45) is 0 Å². The number of carbonyl (C=O) groups excluding carboxylic acids is 2. The van der Waals surface area contributed by atoms with Crippen molar-refractivity contribution in [3.63, 3.8) is 0 Å². The third kappa shape index (κ3) is 4.37. The molecule has 7 heteroatoms. The Labute approximate surface area is 180 Å². The lowest BCUT2D eigenvalue weighted by atomic mass is 10.2. The van der Waals surface area contributed by atoms with Gasteiger partial charge in [-0.1, -0.05) is 6.07 Å². The van der Waals surface area contributed by atoms with Gasteiger partial charge in [0.2, 0.25) is 11.8 Å². The summed E-state index contributed by atoms with van der Waals surface area (Å²) in [7, 11) is 3.51. The van der Waals surface area contributed by atoms with Crippen LogP contribution in [0.2, 0.25) is 0 Å². The number of anilines is 1. The second-order valence-corrected chi connectivity index (χ2v) is 9.01. The molecule has 2 heterocycles. The van der Waals surface area contributed by atoms with E-state index in [1.807, 2.05) is 35.2 Å². The van der Waals surface area contributed by atoms with Gasteiger partial charge in [-0.3, -0.25) is 14.5 Å². The van der Waals surface area contributed by atoms with Crippen molar-refractivity contribution in [1.82, 2.24) is 14.8 Å². The third-order valence-electron chi connectivity index (χ3n) is 5.40. The van der Waals surface area contributed by atoms with Crippen LogP contribution in [-0.2, 0) is 9.59 Å². The Kier molecular flexibility index (Phi) is 5.83. The topological polar surface area (TPSA) is 65.5 Å². The number of aryl methyl sites for hydroxylation is 1. The first-order valence-corrected chi connectivity index (χ1v) is 10.9. The molecule has 1 atom stereocenters. The highest BCUT2D eigenvalue weighted by Crippen LogP contribution is 2.31. The van der Waals surface area contributed by atoms with Crippen LogP contribution >= 0.6 is 11.3 Å². The van der Waals surface area contributed by atoms with E-state index in [0.29, 0.717) is 0 Å². The molecule has 6 nitrogen and oxygen atoms in total. The Morgan fingerprint density at radius 1 is 1.20 bits per heavy atom. The zero-order valence-corrected chi connectivity index (χ0v) is 18.3. The van der Waals surface area contributed by atoms with E-state index in [1.54, 1.807) is 30.3 Å². The SMILES string of the molecule is Cc1ccc2nc(-c3ccc(NC(=O)CN4CCCC4C(=O)N(C)C)cc3)sc2c1. The first-order chi connectivity index (χ1) is 14.4. The molecule has 1 aliphatic rings. The number of nitrogens with zero attached hydrogens (tertiary/aromatic N) is 3. The molecule has 1 saturated heterocycles. The van der Waals surface area contributed by atoms with E-state index >= 15 is 0 Å². The van der Waals surface area contributed by atoms with E-state index in [0.717, 1.165) is 41.2 Å². The minimum absolute atomic E-state index is 0.0654. The fourth-order valence-corrected chi connectivity index (χ4v) is 4.90. The van der Waals surface area contributed by atoms with Gasteiger partial charge in [-0.15, -0.1) is 11.3 Å². The van der Waals surface area contributed by atoms with Crippen molar-refractivity contribution >= 4 is 39.1 Å². The number of carbonyl (C=O) groups is 2. The zero-order valence-electron chi connectivity index (χ0n) is 17.5. The number of nitrogens with one attached hydrogen (secondary N) is 1. The Hall–Kier alpha value is -2.77. The Bertz CT molecular complexity index is 1070. The number of hydrogen-bond acceptors (Lipinski definition) is 5. The summed E-state index contributed by atoms with van der Waals surface area (Å²) in [6, 6.07) is 13.8. The molecule has 3 aromatic rings. The first kappa shape index (κ1) is 20.5. The molecule has 0 aliphatic carbocycles. The Morgan fingerprint density at radius 2 is 1.97 bits per heavy atom. The van der Waals surface area contributed by atoms with Gasteiger partial charge in [0, 0.05) is 25.3 Å². The molecule has 1 unspecified atom stereocenters. The van der Waals surface area contributed by atoms with Gasteiger partial charge in [0.25, 0.3) is 0 Å². The van der Waals surface area contributed by atoms with Crippen LogP contribution < -0.4 is 5.32 Å². The van der Waals surface area contributed by atoms with E-state index in [9.17, 15) is 9.59 Å². The van der Waals surface area contributed by atoms with Crippen LogP contribution in [0.3, 0.4) is 0 Å². The van der Waals surface area contributed by atoms with Gasteiger partial charge in [-0.05, 0) is 68.3 Å². The van der Waals surface area contributed by atoms with Crippen molar-refractivity contribution in [3.05, 3.63) is 48.0 Å². The fraction of sp³-hybridized carbons (Fsp3) is 0.348. The maximum absolute atomic E-state index is 12.5. The maximum Gasteiger partial charge on any atom is 0.239 e. The van der Waals surface area contributed by atoms with Gasteiger partial charge in [0.05, 0.1) is 22.8 Å². The smallest absolute Gasteiger partial charge is 0.239 e. The molecule has 0 saturated carbocycles. The van der Waals surface area contributed by atoms with Crippen molar-refractivity contribution in [3.8, 4) is 10.6 Å². The van der Waals surface area contributed by atoms with Crippen molar-refractivity contribution < 1.29 is 9.59 Å². The summed E-state index contributed by atoms with van der Waals surface area (Å²) in [4.78, 5) is 33.1. The summed E-state index contributed by atoms with van der Waals surface area (Å²) in [5.41, 5.74) is 4.01. The molecular weight excluding hydrogens is 396 g/mol. The number of likely N-dealkylation sites (tertiary alicyclic amines) is 1. The highest BCUT2D eigenvalue weighted by molar-refractivity contribution is 7.21. The van der Waals surface area contributed by atoms with Crippen molar-refractivity contribution in [2.45, 2.75) is 25.8 Å². The van der Waals surface area contributed by atoms with Gasteiger partial charge < -0.3 is 10.2 Å². The number of rotatable bonds is 5. The van der Waals surface area contributed by atoms with E-state index in [-0.39, 0.29) is 24.4 Å². The zero-order chi connectivity index (χ0) is 21.3. The van der Waals surface area contributed by atoms with Crippen LogP contribution in [-0.4, -0.2) is 59.8 Å². The highest BCUT2D eigenvalue weighted by Gasteiger charge is 2.32. The average Bonchev–Trinajstić information content (AvgIpc) is 3.34. The molecule has 30 heavy (non-hydrogen) atoms. The largest absolute Gasteiger partial charge is 0.347 e. The molecule has 0 spiro atoms. The summed E-state index contributed by atoms with van der Waals surface area (Å²) in [6.45, 7) is 3.08. The summed E-state index contributed by atoms with van der Waals surface area (Å²) in [5.74, 6) is -0.0349. The summed E-state index contributed by atoms with van der Waals surface area (Å²) >= 11 is 1.67. The van der Waals surface area contributed by atoms with E-state index < -0.39 is 0 Å². The van der Waals surface area contributed by atoms with Gasteiger partial charge in [-0.25, -0.2) is 4.98 Å². The van der Waals surface area contributed by atoms with Crippen LogP contribution in [0.15, 0.2) is 42.5 Å². The van der Waals surface area contributed by atoms with Crippen molar-refractivity contribution in [2.75, 3.05) is 32.5 Å². The van der Waals surface area contributed by atoms with Gasteiger partial charge in [-0.2, -0.15) is 0 Å². The Balaban J connectivity index is 1.40. The summed E-state index contributed by atoms with van der Waals surface area (Å²) in [5, 5.41) is 3.92. The quantitative estimate of drug-likeness (QED) is 0.680. The van der Waals surface area contributed by atoms with Gasteiger partial charge in [0.15, 0.2) is 0 Å². The molecule has 0 bridgehead atoms. The number of aromatic nitrogens is 1. The van der Waals surface area contributed by atoms with Crippen molar-refractivity contribution in [1.29, 1.82) is 0 Å². The number of hydrogen-bond donors (Lipinski definition) is 1. The first-order valence-electron chi connectivity index (χ1n) is 10.1. The second kappa shape index (κ2) is 8.53. The van der Waals surface area contributed by atoms with Crippen LogP contribution in [0, 0.1) is 6.92 Å². The molecule has 2 aromatic carbocycles. The van der Waals surface area contributed by atoms with E-state index in [1.165, 1.54) is 10.3 Å². The highest BCUT2D eigenvalue weighted by atomic mass is 32.1. The van der Waals surface area contributed by atoms with Crippen LogP contribution in [0.1, 0.15) is 18.4 Å². The third-order valence-corrected chi connectivity index (χ3v) is 6.46. The fourth-order valence-electron chi connectivity index (χ4n) is 3.83. The number of thiazole rings is 1. The molecule has 1 fully saturated rings. The molecule has 1 N–H and O–H groups in total. The second-order valence-electron chi connectivity index (χ2n) is 7.98. The average molecular weight is 423 g/mol. The molecule has 0 radical (unpaired) electrons. The lowest BCUT2D eigenvalue weighted by Gasteiger charge is -2.25. The lowest BCUT2D eigenvalue weighted by molar-refractivity contribution is -0.133. The van der Waals surface area contributed by atoms with E-state index in [2.05, 4.69) is 24.4 Å². The van der Waals surface area contributed by atoms with E-state index in [4.69, 9.17) is 4.98 Å². The summed E-state index contributed by atoms with van der Waals surface area (Å²) < 4.78 is 1.18. The normalized spacial score (nSPS) is 16.7. The van der Waals surface area contributed by atoms with Gasteiger partial charge >= 0.3 is 0 Å². The van der Waals surface area contributed by atoms with Crippen LogP contribution in [0.4, 0.5) is 5.69 Å².